The largest absolute Gasteiger partial charge is 0.397 e. The molecule has 1 heterocycles. The van der Waals surface area contributed by atoms with Gasteiger partial charge in [0, 0.05) is 0 Å². The summed E-state index contributed by atoms with van der Waals surface area (Å²) in [5, 5.41) is 22.9. The molecule has 0 atom stereocenters. The highest BCUT2D eigenvalue weighted by Gasteiger charge is 2.15. The number of imidazole rings is 1. The third-order valence-corrected chi connectivity index (χ3v) is 3.48. The lowest BCUT2D eigenvalue weighted by atomic mass is 10.2. The third kappa shape index (κ3) is 2.19. The molecule has 0 bridgehead atoms. The number of aromatic nitrogens is 2. The monoisotopic (exact) mass is 288 g/mol. The predicted molar refractivity (Wildman–Crippen MR) is 68.8 cm³/mol. The quantitative estimate of drug-likeness (QED) is 0.733. The molecule has 20 heavy (non-hydrogen) atoms. The molecule has 2 rings (SSSR count). The van der Waals surface area contributed by atoms with Crippen LogP contribution in [0.25, 0.3) is 5.69 Å². The van der Waals surface area contributed by atoms with E-state index in [0.29, 0.717) is 5.69 Å². The van der Waals surface area contributed by atoms with Crippen LogP contribution < -0.4 is 10.9 Å². The van der Waals surface area contributed by atoms with E-state index in [1.54, 1.807) is 6.07 Å². The number of rotatable bonds is 2. The van der Waals surface area contributed by atoms with Gasteiger partial charge in [0.1, 0.15) is 18.5 Å². The molecule has 0 aliphatic heterocycles. The maximum absolute atomic E-state index is 11.2. The molecule has 9 heteroatoms. The number of benzene rings is 1. The number of anilines is 1. The van der Waals surface area contributed by atoms with E-state index in [-0.39, 0.29) is 22.0 Å². The van der Waals surface area contributed by atoms with E-state index in [1.807, 2.05) is 6.07 Å². The van der Waals surface area contributed by atoms with Gasteiger partial charge in [0.25, 0.3) is 0 Å². The molecule has 0 aliphatic carbocycles. The Hall–Kier alpha value is -2.88. The van der Waals surface area contributed by atoms with Crippen molar-refractivity contribution in [3.63, 3.8) is 0 Å². The summed E-state index contributed by atoms with van der Waals surface area (Å²) in [5.41, 5.74) is 6.17. The minimum absolute atomic E-state index is 0.0163. The van der Waals surface area contributed by atoms with Gasteiger partial charge in [-0.2, -0.15) is 10.5 Å². The summed E-state index contributed by atoms with van der Waals surface area (Å²) in [7, 11) is -3.86. The highest BCUT2D eigenvalue weighted by molar-refractivity contribution is 7.89. The summed E-state index contributed by atoms with van der Waals surface area (Å²) in [4.78, 5) is 3.63. The average Bonchev–Trinajstić information content (AvgIpc) is 2.80. The zero-order valence-corrected chi connectivity index (χ0v) is 10.8. The van der Waals surface area contributed by atoms with E-state index in [0.717, 1.165) is 0 Å². The summed E-state index contributed by atoms with van der Waals surface area (Å²) < 4.78 is 23.7. The normalized spacial score (nSPS) is 10.8. The Morgan fingerprint density at radius 1 is 1.25 bits per heavy atom. The van der Waals surface area contributed by atoms with E-state index in [9.17, 15) is 8.42 Å². The van der Waals surface area contributed by atoms with E-state index in [4.69, 9.17) is 21.4 Å². The lowest BCUT2D eigenvalue weighted by molar-refractivity contribution is 0.598. The van der Waals surface area contributed by atoms with Crippen LogP contribution in [0.4, 0.5) is 5.69 Å². The number of sulfonamides is 1. The van der Waals surface area contributed by atoms with Crippen molar-refractivity contribution in [1.82, 2.24) is 9.55 Å². The van der Waals surface area contributed by atoms with Crippen LogP contribution in [-0.4, -0.2) is 18.0 Å². The van der Waals surface area contributed by atoms with Gasteiger partial charge in [0.15, 0.2) is 11.4 Å². The molecule has 0 spiro atoms. The Morgan fingerprint density at radius 2 is 1.95 bits per heavy atom. The predicted octanol–water partition coefficient (Wildman–Crippen LogP) is -0.155. The lowest BCUT2D eigenvalue weighted by Crippen LogP contribution is -2.13. The molecule has 0 saturated heterocycles. The van der Waals surface area contributed by atoms with E-state index in [2.05, 4.69) is 4.98 Å². The molecule has 8 nitrogen and oxygen atoms in total. The maximum atomic E-state index is 11.2. The number of nitriles is 2. The topological polar surface area (TPSA) is 152 Å². The highest BCUT2D eigenvalue weighted by Crippen LogP contribution is 2.23. The van der Waals surface area contributed by atoms with Gasteiger partial charge in [0.05, 0.1) is 16.3 Å². The van der Waals surface area contributed by atoms with Gasteiger partial charge < -0.3 is 5.73 Å². The molecule has 4 N–H and O–H groups in total. The second-order valence-electron chi connectivity index (χ2n) is 3.80. The van der Waals surface area contributed by atoms with E-state index in [1.165, 1.54) is 29.1 Å². The smallest absolute Gasteiger partial charge is 0.238 e. The fourth-order valence-electron chi connectivity index (χ4n) is 1.65. The first-order chi connectivity index (χ1) is 9.38. The molecule has 0 fully saturated rings. The molecular weight excluding hydrogens is 280 g/mol. The molecule has 0 amide bonds. The lowest BCUT2D eigenvalue weighted by Gasteiger charge is -2.08. The summed E-state index contributed by atoms with van der Waals surface area (Å²) >= 11 is 0. The number of nitrogen functional groups attached to an aromatic ring is 1. The molecule has 0 radical (unpaired) electrons. The molecule has 1 aromatic carbocycles. The number of nitrogens with zero attached hydrogens (tertiary/aromatic N) is 4. The van der Waals surface area contributed by atoms with Crippen molar-refractivity contribution >= 4 is 15.7 Å². The Bertz CT molecular complexity index is 869. The zero-order chi connectivity index (χ0) is 14.9. The van der Waals surface area contributed by atoms with Gasteiger partial charge in [-0.15, -0.1) is 0 Å². The summed E-state index contributed by atoms with van der Waals surface area (Å²) in [6, 6.07) is 7.45. The first-order valence-electron chi connectivity index (χ1n) is 5.18. The van der Waals surface area contributed by atoms with Gasteiger partial charge in [0.2, 0.25) is 10.0 Å². The van der Waals surface area contributed by atoms with Crippen LogP contribution >= 0.6 is 0 Å². The van der Waals surface area contributed by atoms with Gasteiger partial charge in [-0.25, -0.2) is 18.5 Å². The second-order valence-corrected chi connectivity index (χ2v) is 5.36. The number of nitrogens with two attached hydrogens (primary N) is 2. The third-order valence-electron chi connectivity index (χ3n) is 2.57. The highest BCUT2D eigenvalue weighted by atomic mass is 32.2. The molecule has 100 valence electrons. The second kappa shape index (κ2) is 4.66. The van der Waals surface area contributed by atoms with Crippen molar-refractivity contribution in [3.8, 4) is 17.8 Å². The minimum Gasteiger partial charge on any atom is -0.397 e. The number of primary sulfonamides is 1. The van der Waals surface area contributed by atoms with Crippen LogP contribution in [-0.2, 0) is 10.0 Å². The van der Waals surface area contributed by atoms with E-state index >= 15 is 0 Å². The van der Waals surface area contributed by atoms with Crippen molar-refractivity contribution in [1.29, 1.82) is 10.5 Å². The van der Waals surface area contributed by atoms with Crippen LogP contribution in [0.5, 0.6) is 0 Å². The fourth-order valence-corrected chi connectivity index (χ4v) is 2.20. The first kappa shape index (κ1) is 13.5. The SMILES string of the molecule is N#Cc1ncn(-c2ccc(S(N)(=O)=O)cc2N)c1C#N. The molecule has 0 aliphatic rings. The molecule has 2 aromatic rings. The average molecular weight is 288 g/mol. The zero-order valence-electron chi connectivity index (χ0n) is 9.98. The minimum atomic E-state index is -3.86. The molecule has 1 aromatic heterocycles. The summed E-state index contributed by atoms with van der Waals surface area (Å²) in [5.74, 6) is 0. The van der Waals surface area contributed by atoms with Crippen LogP contribution in [0, 0.1) is 22.7 Å². The van der Waals surface area contributed by atoms with Crippen molar-refractivity contribution in [2.24, 2.45) is 5.14 Å². The van der Waals surface area contributed by atoms with Crippen molar-refractivity contribution in [2.45, 2.75) is 4.90 Å². The summed E-state index contributed by atoms with van der Waals surface area (Å²) in [6.07, 6.45) is 1.26. The van der Waals surface area contributed by atoms with Gasteiger partial charge in [-0.3, -0.25) is 4.57 Å². The van der Waals surface area contributed by atoms with E-state index < -0.39 is 10.0 Å². The molecular formula is C11H8N6O2S. The van der Waals surface area contributed by atoms with Gasteiger partial charge in [-0.1, -0.05) is 0 Å². The van der Waals surface area contributed by atoms with Crippen LogP contribution in [0.15, 0.2) is 29.4 Å². The Morgan fingerprint density at radius 3 is 2.45 bits per heavy atom. The van der Waals surface area contributed by atoms with Crippen LogP contribution in [0.3, 0.4) is 0 Å². The maximum Gasteiger partial charge on any atom is 0.238 e. The van der Waals surface area contributed by atoms with Gasteiger partial charge in [-0.05, 0) is 18.2 Å². The summed E-state index contributed by atoms with van der Waals surface area (Å²) in [6.45, 7) is 0. The van der Waals surface area contributed by atoms with Crippen LogP contribution in [0.1, 0.15) is 11.4 Å². The first-order valence-corrected chi connectivity index (χ1v) is 6.73. The molecule has 0 saturated carbocycles. The van der Waals surface area contributed by atoms with Gasteiger partial charge >= 0.3 is 0 Å². The van der Waals surface area contributed by atoms with Crippen LogP contribution in [0.2, 0.25) is 0 Å². The standard InChI is InChI=1S/C11H8N6O2S/c12-4-9-11(5-13)17(6-16-9)10-2-1-7(3-8(10)14)20(15,18)19/h1-3,6H,14H2,(H2,15,18,19). The Balaban J connectivity index is 2.65. The Labute approximate surface area is 114 Å². The van der Waals surface area contributed by atoms with Crippen molar-refractivity contribution in [3.05, 3.63) is 35.9 Å². The Kier molecular flexibility index (Phi) is 3.16. The van der Waals surface area contributed by atoms with Crippen molar-refractivity contribution in [2.75, 3.05) is 5.73 Å². The molecule has 0 unspecified atom stereocenters. The number of hydrogen-bond donors (Lipinski definition) is 2. The fraction of sp³-hybridized carbons (Fsp3) is 0. The van der Waals surface area contributed by atoms with Crippen molar-refractivity contribution < 1.29 is 8.42 Å². The number of hydrogen-bond acceptors (Lipinski definition) is 6.